The normalized spacial score (nSPS) is 20.4. The highest BCUT2D eigenvalue weighted by Gasteiger charge is 2.24. The monoisotopic (exact) mass is 359 g/mol. The minimum absolute atomic E-state index is 0.0201. The zero-order valence-electron chi connectivity index (χ0n) is 17.0. The molecule has 0 unspecified atom stereocenters. The van der Waals surface area contributed by atoms with Gasteiger partial charge in [-0.25, -0.2) is 0 Å². The van der Waals surface area contributed by atoms with Crippen molar-refractivity contribution in [3.63, 3.8) is 0 Å². The van der Waals surface area contributed by atoms with E-state index in [1.807, 2.05) is 0 Å². The lowest BCUT2D eigenvalue weighted by atomic mass is 9.78. The second-order valence-electron chi connectivity index (χ2n) is 9.22. The van der Waals surface area contributed by atoms with E-state index in [0.717, 1.165) is 56.8 Å². The molecule has 1 aromatic rings. The van der Waals surface area contributed by atoms with Gasteiger partial charge in [0.05, 0.1) is 13.2 Å². The maximum Gasteiger partial charge on any atom is 0.122 e. The summed E-state index contributed by atoms with van der Waals surface area (Å²) in [5.74, 6) is 1.22. The van der Waals surface area contributed by atoms with E-state index in [-0.39, 0.29) is 5.41 Å². The largest absolute Gasteiger partial charge is 0.507 e. The zero-order valence-corrected chi connectivity index (χ0v) is 17.0. The number of rotatable bonds is 5. The van der Waals surface area contributed by atoms with Gasteiger partial charge in [-0.3, -0.25) is 4.90 Å². The number of nitrogens with zero attached hydrogens (tertiary/aromatic N) is 1. The molecule has 1 heterocycles. The molecular formula is C23H37NO2. The van der Waals surface area contributed by atoms with Crippen molar-refractivity contribution in [2.75, 3.05) is 32.8 Å². The molecular weight excluding hydrogens is 322 g/mol. The minimum atomic E-state index is -0.0201. The highest BCUT2D eigenvalue weighted by atomic mass is 16.5. The second kappa shape index (κ2) is 8.75. The van der Waals surface area contributed by atoms with Crippen molar-refractivity contribution in [2.24, 2.45) is 0 Å². The third-order valence-electron chi connectivity index (χ3n) is 6.12. The molecule has 26 heavy (non-hydrogen) atoms. The number of ether oxygens (including phenoxy) is 1. The van der Waals surface area contributed by atoms with Crippen LogP contribution in [0.2, 0.25) is 0 Å². The number of phenolic OH excluding ortho intramolecular Hbond substituents is 1. The van der Waals surface area contributed by atoms with E-state index in [4.69, 9.17) is 4.74 Å². The van der Waals surface area contributed by atoms with E-state index < -0.39 is 0 Å². The van der Waals surface area contributed by atoms with Crippen LogP contribution < -0.4 is 0 Å². The summed E-state index contributed by atoms with van der Waals surface area (Å²) < 4.78 is 5.44. The van der Waals surface area contributed by atoms with E-state index in [1.165, 1.54) is 37.7 Å². The van der Waals surface area contributed by atoms with Gasteiger partial charge in [-0.1, -0.05) is 52.2 Å². The lowest BCUT2D eigenvalue weighted by molar-refractivity contribution is 0.0374. The molecule has 0 atom stereocenters. The average molecular weight is 360 g/mol. The Kier molecular flexibility index (Phi) is 6.63. The van der Waals surface area contributed by atoms with Crippen LogP contribution in [0, 0.1) is 0 Å². The first-order chi connectivity index (χ1) is 12.4. The molecule has 3 nitrogen and oxygen atoms in total. The van der Waals surface area contributed by atoms with Gasteiger partial charge in [-0.15, -0.1) is 0 Å². The van der Waals surface area contributed by atoms with Crippen molar-refractivity contribution in [3.8, 4) is 5.75 Å². The standard InChI is InChI=1S/C23H37NO2/c1-23(2,3)21-17-20(18-8-5-4-6-9-18)16-19(22(21)25)10-7-11-24-12-14-26-15-13-24/h16-18,25H,4-15H2,1-3H3. The molecule has 0 amide bonds. The van der Waals surface area contributed by atoms with Crippen molar-refractivity contribution in [1.82, 2.24) is 4.90 Å². The number of hydrogen-bond donors (Lipinski definition) is 1. The van der Waals surface area contributed by atoms with Gasteiger partial charge in [0.15, 0.2) is 0 Å². The smallest absolute Gasteiger partial charge is 0.122 e. The summed E-state index contributed by atoms with van der Waals surface area (Å²) in [4.78, 5) is 2.48. The summed E-state index contributed by atoms with van der Waals surface area (Å²) in [5, 5.41) is 11.0. The summed E-state index contributed by atoms with van der Waals surface area (Å²) in [5.41, 5.74) is 3.73. The van der Waals surface area contributed by atoms with Crippen LogP contribution in [-0.4, -0.2) is 42.9 Å². The van der Waals surface area contributed by atoms with Gasteiger partial charge < -0.3 is 9.84 Å². The fourth-order valence-electron chi connectivity index (χ4n) is 4.47. The Morgan fingerprint density at radius 1 is 1.08 bits per heavy atom. The Hall–Kier alpha value is -1.06. The Balaban J connectivity index is 1.75. The molecule has 1 N–H and O–H groups in total. The van der Waals surface area contributed by atoms with Gasteiger partial charge in [0.2, 0.25) is 0 Å². The van der Waals surface area contributed by atoms with Gasteiger partial charge in [-0.2, -0.15) is 0 Å². The van der Waals surface area contributed by atoms with Crippen LogP contribution in [0.15, 0.2) is 12.1 Å². The van der Waals surface area contributed by atoms with E-state index >= 15 is 0 Å². The fourth-order valence-corrected chi connectivity index (χ4v) is 4.47. The van der Waals surface area contributed by atoms with Crippen molar-refractivity contribution >= 4 is 0 Å². The van der Waals surface area contributed by atoms with Crippen LogP contribution in [0.4, 0.5) is 0 Å². The zero-order chi connectivity index (χ0) is 18.6. The van der Waals surface area contributed by atoms with Gasteiger partial charge >= 0.3 is 0 Å². The van der Waals surface area contributed by atoms with Crippen molar-refractivity contribution < 1.29 is 9.84 Å². The summed E-state index contributed by atoms with van der Waals surface area (Å²) in [6.07, 6.45) is 8.76. The highest BCUT2D eigenvalue weighted by Crippen LogP contribution is 2.40. The first kappa shape index (κ1) is 19.7. The molecule has 3 rings (SSSR count). The Morgan fingerprint density at radius 3 is 2.42 bits per heavy atom. The molecule has 146 valence electrons. The molecule has 0 spiro atoms. The SMILES string of the molecule is CC(C)(C)c1cc(C2CCCCC2)cc(CCCN2CCOCC2)c1O. The molecule has 3 heteroatoms. The second-order valence-corrected chi connectivity index (χ2v) is 9.22. The van der Waals surface area contributed by atoms with E-state index in [2.05, 4.69) is 37.8 Å². The Morgan fingerprint density at radius 2 is 1.77 bits per heavy atom. The van der Waals surface area contributed by atoms with Gasteiger partial charge in [0, 0.05) is 13.1 Å². The van der Waals surface area contributed by atoms with Crippen molar-refractivity contribution in [3.05, 3.63) is 28.8 Å². The van der Waals surface area contributed by atoms with Crippen LogP contribution in [0.5, 0.6) is 5.75 Å². The fraction of sp³-hybridized carbons (Fsp3) is 0.739. The topological polar surface area (TPSA) is 32.7 Å². The van der Waals surface area contributed by atoms with Gasteiger partial charge in [-0.05, 0) is 60.3 Å². The molecule has 0 bridgehead atoms. The lowest BCUT2D eigenvalue weighted by Gasteiger charge is -2.28. The van der Waals surface area contributed by atoms with Crippen LogP contribution in [0.1, 0.15) is 81.9 Å². The number of aryl methyl sites for hydroxylation is 1. The Labute approximate surface area is 159 Å². The molecule has 1 saturated heterocycles. The summed E-state index contributed by atoms with van der Waals surface area (Å²) in [6, 6.07) is 4.62. The van der Waals surface area contributed by atoms with Crippen LogP contribution >= 0.6 is 0 Å². The highest BCUT2D eigenvalue weighted by molar-refractivity contribution is 5.48. The molecule has 2 fully saturated rings. The lowest BCUT2D eigenvalue weighted by Crippen LogP contribution is -2.36. The summed E-state index contributed by atoms with van der Waals surface area (Å²) in [6.45, 7) is 11.5. The summed E-state index contributed by atoms with van der Waals surface area (Å²) >= 11 is 0. The first-order valence-electron chi connectivity index (χ1n) is 10.6. The molecule has 1 aliphatic heterocycles. The molecule has 1 aromatic carbocycles. The molecule has 2 aliphatic rings. The van der Waals surface area contributed by atoms with E-state index in [0.29, 0.717) is 11.7 Å². The number of morpholine rings is 1. The van der Waals surface area contributed by atoms with E-state index in [9.17, 15) is 5.11 Å². The summed E-state index contributed by atoms with van der Waals surface area (Å²) in [7, 11) is 0. The van der Waals surface area contributed by atoms with Gasteiger partial charge in [0.25, 0.3) is 0 Å². The maximum atomic E-state index is 11.0. The maximum absolute atomic E-state index is 11.0. The molecule has 1 saturated carbocycles. The number of aromatic hydroxyl groups is 1. The molecule has 0 radical (unpaired) electrons. The number of phenols is 1. The van der Waals surface area contributed by atoms with Crippen molar-refractivity contribution in [1.29, 1.82) is 0 Å². The third kappa shape index (κ3) is 5.01. The quantitative estimate of drug-likeness (QED) is 0.803. The first-order valence-corrected chi connectivity index (χ1v) is 10.6. The van der Waals surface area contributed by atoms with Gasteiger partial charge in [0.1, 0.15) is 5.75 Å². The average Bonchev–Trinajstić information content (AvgIpc) is 2.64. The molecule has 0 aromatic heterocycles. The minimum Gasteiger partial charge on any atom is -0.507 e. The Bertz CT molecular complexity index is 579. The number of hydrogen-bond acceptors (Lipinski definition) is 3. The van der Waals surface area contributed by atoms with Crippen LogP contribution in [0.25, 0.3) is 0 Å². The number of benzene rings is 1. The molecule has 1 aliphatic carbocycles. The predicted molar refractivity (Wildman–Crippen MR) is 108 cm³/mol. The third-order valence-corrected chi connectivity index (χ3v) is 6.12. The van der Waals surface area contributed by atoms with Crippen molar-refractivity contribution in [2.45, 2.75) is 77.0 Å². The van der Waals surface area contributed by atoms with Crippen LogP contribution in [-0.2, 0) is 16.6 Å². The van der Waals surface area contributed by atoms with E-state index in [1.54, 1.807) is 0 Å². The predicted octanol–water partition coefficient (Wildman–Crippen LogP) is 5.00. The van der Waals surface area contributed by atoms with Crippen LogP contribution in [0.3, 0.4) is 0 Å².